The van der Waals surface area contributed by atoms with E-state index in [1.807, 2.05) is 13.8 Å². The standard InChI is InChI=1S/C14H24N2O2S/c1-4-7-10-16(6-3)19(17,18)14-11-13(15)9-8-12(14)5-2/h8-9,11H,4-7,10,15H2,1-3H3. The van der Waals surface area contributed by atoms with E-state index in [0.29, 0.717) is 30.1 Å². The van der Waals surface area contributed by atoms with Crippen LogP contribution in [0.3, 0.4) is 0 Å². The van der Waals surface area contributed by atoms with Gasteiger partial charge in [0.25, 0.3) is 0 Å². The number of hydrogen-bond donors (Lipinski definition) is 1. The van der Waals surface area contributed by atoms with Crippen LogP contribution in [0.15, 0.2) is 23.1 Å². The lowest BCUT2D eigenvalue weighted by Gasteiger charge is -2.22. The van der Waals surface area contributed by atoms with Crippen LogP contribution in [0.5, 0.6) is 0 Å². The molecule has 0 atom stereocenters. The van der Waals surface area contributed by atoms with Gasteiger partial charge in [0.05, 0.1) is 4.90 Å². The number of nitrogen functional groups attached to an aromatic ring is 1. The van der Waals surface area contributed by atoms with Crippen LogP contribution in [0.1, 0.15) is 39.2 Å². The molecule has 0 aliphatic heterocycles. The largest absolute Gasteiger partial charge is 0.399 e. The summed E-state index contributed by atoms with van der Waals surface area (Å²) in [4.78, 5) is 0.355. The van der Waals surface area contributed by atoms with E-state index in [9.17, 15) is 8.42 Å². The van der Waals surface area contributed by atoms with E-state index in [0.717, 1.165) is 18.4 Å². The molecule has 0 radical (unpaired) electrons. The minimum atomic E-state index is -3.44. The van der Waals surface area contributed by atoms with Gasteiger partial charge in [-0.25, -0.2) is 8.42 Å². The third-order valence-corrected chi connectivity index (χ3v) is 5.26. The molecule has 0 spiro atoms. The zero-order valence-electron chi connectivity index (χ0n) is 12.0. The van der Waals surface area contributed by atoms with Crippen LogP contribution in [0.2, 0.25) is 0 Å². The van der Waals surface area contributed by atoms with Crippen molar-refractivity contribution in [2.24, 2.45) is 0 Å². The van der Waals surface area contributed by atoms with Crippen LogP contribution < -0.4 is 5.73 Å². The monoisotopic (exact) mass is 284 g/mol. The number of benzene rings is 1. The molecule has 4 nitrogen and oxygen atoms in total. The van der Waals surface area contributed by atoms with Gasteiger partial charge >= 0.3 is 0 Å². The van der Waals surface area contributed by atoms with Crippen molar-refractivity contribution in [3.63, 3.8) is 0 Å². The van der Waals surface area contributed by atoms with Crippen LogP contribution in [0.4, 0.5) is 5.69 Å². The van der Waals surface area contributed by atoms with E-state index in [-0.39, 0.29) is 0 Å². The first kappa shape index (κ1) is 16.0. The summed E-state index contributed by atoms with van der Waals surface area (Å²) < 4.78 is 26.9. The van der Waals surface area contributed by atoms with Gasteiger partial charge in [0.2, 0.25) is 10.0 Å². The number of hydrogen-bond acceptors (Lipinski definition) is 3. The molecule has 0 heterocycles. The highest BCUT2D eigenvalue weighted by atomic mass is 32.2. The summed E-state index contributed by atoms with van der Waals surface area (Å²) in [5, 5.41) is 0. The van der Waals surface area contributed by atoms with E-state index in [1.165, 1.54) is 4.31 Å². The lowest BCUT2D eigenvalue weighted by atomic mass is 10.1. The van der Waals surface area contributed by atoms with Gasteiger partial charge in [0.15, 0.2) is 0 Å². The number of sulfonamides is 1. The summed E-state index contributed by atoms with van der Waals surface area (Å²) in [6.07, 6.45) is 2.53. The first-order chi connectivity index (χ1) is 8.97. The van der Waals surface area contributed by atoms with Crippen molar-refractivity contribution < 1.29 is 8.42 Å². The van der Waals surface area contributed by atoms with Gasteiger partial charge in [-0.2, -0.15) is 4.31 Å². The van der Waals surface area contributed by atoms with Gasteiger partial charge in [0.1, 0.15) is 0 Å². The second-order valence-corrected chi connectivity index (χ2v) is 6.48. The molecule has 0 aromatic heterocycles. The van der Waals surface area contributed by atoms with Crippen LogP contribution in [-0.4, -0.2) is 25.8 Å². The topological polar surface area (TPSA) is 63.4 Å². The minimum absolute atomic E-state index is 0.355. The number of aryl methyl sites for hydroxylation is 1. The molecule has 5 heteroatoms. The van der Waals surface area contributed by atoms with Crippen LogP contribution in [0, 0.1) is 0 Å². The second kappa shape index (κ2) is 6.91. The molecule has 0 amide bonds. The number of nitrogens with zero attached hydrogens (tertiary/aromatic N) is 1. The fourth-order valence-electron chi connectivity index (χ4n) is 2.03. The van der Waals surface area contributed by atoms with Crippen molar-refractivity contribution in [1.29, 1.82) is 0 Å². The molecule has 0 unspecified atom stereocenters. The van der Waals surface area contributed by atoms with Gasteiger partial charge in [-0.1, -0.05) is 33.3 Å². The summed E-state index contributed by atoms with van der Waals surface area (Å²) in [6, 6.07) is 5.12. The minimum Gasteiger partial charge on any atom is -0.399 e. The second-order valence-electron chi connectivity index (χ2n) is 4.57. The van der Waals surface area contributed by atoms with Crippen molar-refractivity contribution in [2.75, 3.05) is 18.8 Å². The fraction of sp³-hybridized carbons (Fsp3) is 0.571. The zero-order valence-corrected chi connectivity index (χ0v) is 12.8. The Hall–Kier alpha value is -1.07. The number of rotatable bonds is 7. The first-order valence-corrected chi connectivity index (χ1v) is 8.29. The van der Waals surface area contributed by atoms with Gasteiger partial charge in [-0.3, -0.25) is 0 Å². The van der Waals surface area contributed by atoms with Crippen molar-refractivity contribution in [2.45, 2.75) is 44.9 Å². The SMILES string of the molecule is CCCCN(CC)S(=O)(=O)c1cc(N)ccc1CC. The average molecular weight is 284 g/mol. The van der Waals surface area contributed by atoms with Gasteiger partial charge in [-0.05, 0) is 30.5 Å². The van der Waals surface area contributed by atoms with E-state index in [2.05, 4.69) is 6.92 Å². The molecule has 1 aromatic carbocycles. The predicted molar refractivity (Wildman–Crippen MR) is 79.6 cm³/mol. The first-order valence-electron chi connectivity index (χ1n) is 6.85. The molecular weight excluding hydrogens is 260 g/mol. The summed E-state index contributed by atoms with van der Waals surface area (Å²) >= 11 is 0. The van der Waals surface area contributed by atoms with Crippen LogP contribution in [0.25, 0.3) is 0 Å². The Labute approximate surface area is 116 Å². The summed E-state index contributed by atoms with van der Waals surface area (Å²) in [5.41, 5.74) is 7.05. The quantitative estimate of drug-likeness (QED) is 0.783. The average Bonchev–Trinajstić information content (AvgIpc) is 2.39. The fourth-order valence-corrected chi connectivity index (χ4v) is 3.84. The zero-order chi connectivity index (χ0) is 14.5. The van der Waals surface area contributed by atoms with Crippen LogP contribution in [-0.2, 0) is 16.4 Å². The summed E-state index contributed by atoms with van der Waals surface area (Å²) in [5.74, 6) is 0. The summed E-state index contributed by atoms with van der Waals surface area (Å²) in [6.45, 7) is 6.92. The highest BCUT2D eigenvalue weighted by Gasteiger charge is 2.25. The molecule has 1 rings (SSSR count). The van der Waals surface area contributed by atoms with Crippen molar-refractivity contribution in [3.8, 4) is 0 Å². The van der Waals surface area contributed by atoms with E-state index >= 15 is 0 Å². The maximum atomic E-state index is 12.7. The van der Waals surface area contributed by atoms with Gasteiger partial charge in [-0.15, -0.1) is 0 Å². The van der Waals surface area contributed by atoms with E-state index < -0.39 is 10.0 Å². The van der Waals surface area contributed by atoms with Crippen molar-refractivity contribution in [3.05, 3.63) is 23.8 Å². The van der Waals surface area contributed by atoms with Crippen molar-refractivity contribution >= 4 is 15.7 Å². The number of anilines is 1. The molecule has 0 saturated heterocycles. The van der Waals surface area contributed by atoms with Gasteiger partial charge < -0.3 is 5.73 Å². The van der Waals surface area contributed by atoms with E-state index in [4.69, 9.17) is 5.73 Å². The molecule has 0 bridgehead atoms. The maximum absolute atomic E-state index is 12.7. The Morgan fingerprint density at radius 3 is 2.42 bits per heavy atom. The molecule has 2 N–H and O–H groups in total. The van der Waals surface area contributed by atoms with E-state index in [1.54, 1.807) is 18.2 Å². The molecule has 1 aromatic rings. The molecule has 108 valence electrons. The molecular formula is C14H24N2O2S. The third-order valence-electron chi connectivity index (χ3n) is 3.20. The Kier molecular flexibility index (Phi) is 5.82. The molecule has 0 saturated carbocycles. The number of unbranched alkanes of at least 4 members (excludes halogenated alkanes) is 1. The molecule has 0 aliphatic carbocycles. The lowest BCUT2D eigenvalue weighted by Crippen LogP contribution is -2.32. The summed E-state index contributed by atoms with van der Waals surface area (Å²) in [7, 11) is -3.44. The Morgan fingerprint density at radius 2 is 1.89 bits per heavy atom. The Balaban J connectivity index is 3.20. The predicted octanol–water partition coefficient (Wildman–Crippen LogP) is 2.64. The lowest BCUT2D eigenvalue weighted by molar-refractivity contribution is 0.418. The smallest absolute Gasteiger partial charge is 0.243 e. The molecule has 19 heavy (non-hydrogen) atoms. The highest BCUT2D eigenvalue weighted by Crippen LogP contribution is 2.23. The Bertz CT molecular complexity index is 512. The Morgan fingerprint density at radius 1 is 1.21 bits per heavy atom. The highest BCUT2D eigenvalue weighted by molar-refractivity contribution is 7.89. The third kappa shape index (κ3) is 3.70. The van der Waals surface area contributed by atoms with Crippen molar-refractivity contribution in [1.82, 2.24) is 4.31 Å². The normalized spacial score (nSPS) is 12.0. The molecule has 0 aliphatic rings. The van der Waals surface area contributed by atoms with Crippen LogP contribution >= 0.6 is 0 Å². The number of nitrogens with two attached hydrogens (primary N) is 1. The molecule has 0 fully saturated rings. The maximum Gasteiger partial charge on any atom is 0.243 e. The van der Waals surface area contributed by atoms with Gasteiger partial charge in [0, 0.05) is 18.8 Å².